The number of hydrogen-bond acceptors (Lipinski definition) is 8. The lowest BCUT2D eigenvalue weighted by molar-refractivity contribution is 0.101. The summed E-state index contributed by atoms with van der Waals surface area (Å²) in [4.78, 5) is 26.3. The number of thiophene rings is 1. The molecule has 0 amide bonds. The van der Waals surface area contributed by atoms with E-state index < -0.39 is 0 Å². The van der Waals surface area contributed by atoms with Gasteiger partial charge in [0.2, 0.25) is 0 Å². The molecule has 7 nitrogen and oxygen atoms in total. The Morgan fingerprint density at radius 1 is 1.13 bits per heavy atom. The number of ketones is 1. The van der Waals surface area contributed by atoms with Crippen molar-refractivity contribution in [1.29, 1.82) is 0 Å². The number of methoxy groups -OCH3 is 1. The van der Waals surface area contributed by atoms with E-state index in [0.717, 1.165) is 49.5 Å². The van der Waals surface area contributed by atoms with E-state index in [1.165, 1.54) is 5.69 Å². The number of hydrogen-bond donors (Lipinski definition) is 0. The maximum absolute atomic E-state index is 11.5. The number of nitrogens with zero attached hydrogens (tertiary/aromatic N) is 4. The summed E-state index contributed by atoms with van der Waals surface area (Å²) in [6.45, 7) is 7.17. The van der Waals surface area contributed by atoms with Crippen molar-refractivity contribution < 1.29 is 14.3 Å². The Morgan fingerprint density at radius 2 is 1.93 bits per heavy atom. The highest BCUT2D eigenvalue weighted by Crippen LogP contribution is 2.30. The molecule has 0 N–H and O–H groups in total. The quantitative estimate of drug-likeness (QED) is 0.403. The van der Waals surface area contributed by atoms with E-state index in [1.807, 2.05) is 6.07 Å². The number of ether oxygens (including phenoxy) is 2. The minimum atomic E-state index is 0.0153. The summed E-state index contributed by atoms with van der Waals surface area (Å²) in [6.07, 6.45) is 4.44. The predicted octanol–water partition coefficient (Wildman–Crippen LogP) is 3.49. The molecule has 0 bridgehead atoms. The van der Waals surface area contributed by atoms with Gasteiger partial charge >= 0.3 is 0 Å². The average Bonchev–Trinajstić information content (AvgIpc) is 3.21. The number of Topliss-reactive ketones (excluding diaryl/α,β-unsaturated/α-hetero) is 1. The van der Waals surface area contributed by atoms with Crippen molar-refractivity contribution in [2.24, 2.45) is 0 Å². The molecule has 0 atom stereocenters. The average molecular weight is 427 g/mol. The second kappa shape index (κ2) is 9.40. The van der Waals surface area contributed by atoms with E-state index >= 15 is 0 Å². The maximum atomic E-state index is 11.5. The molecule has 158 valence electrons. The molecule has 1 saturated heterocycles. The lowest BCUT2D eigenvalue weighted by Crippen LogP contribution is -2.46. The number of fused-ring (bicyclic) bond motifs is 1. The minimum absolute atomic E-state index is 0.0153. The van der Waals surface area contributed by atoms with Crippen LogP contribution in [0.5, 0.6) is 11.5 Å². The third-order valence-electron chi connectivity index (χ3n) is 5.35. The van der Waals surface area contributed by atoms with Crippen molar-refractivity contribution in [3.8, 4) is 11.5 Å². The van der Waals surface area contributed by atoms with Crippen molar-refractivity contribution >= 4 is 33.2 Å². The van der Waals surface area contributed by atoms with Gasteiger partial charge in [-0.05, 0) is 31.5 Å². The Morgan fingerprint density at radius 3 is 2.70 bits per heavy atom. The van der Waals surface area contributed by atoms with Gasteiger partial charge in [0.05, 0.1) is 19.4 Å². The number of benzene rings is 1. The van der Waals surface area contributed by atoms with Crippen LogP contribution in [0.15, 0.2) is 36.0 Å². The van der Waals surface area contributed by atoms with Gasteiger partial charge in [0.1, 0.15) is 10.3 Å². The normalized spacial score (nSPS) is 14.8. The van der Waals surface area contributed by atoms with Crippen molar-refractivity contribution in [3.63, 3.8) is 0 Å². The fourth-order valence-corrected chi connectivity index (χ4v) is 4.54. The van der Waals surface area contributed by atoms with Crippen LogP contribution in [0.1, 0.15) is 23.7 Å². The minimum Gasteiger partial charge on any atom is -0.493 e. The Bertz CT molecular complexity index is 1010. The highest BCUT2D eigenvalue weighted by molar-refractivity contribution is 7.17. The molecule has 2 aromatic heterocycles. The highest BCUT2D eigenvalue weighted by Gasteiger charge is 2.20. The summed E-state index contributed by atoms with van der Waals surface area (Å²) >= 11 is 1.65. The Kier molecular flexibility index (Phi) is 6.44. The van der Waals surface area contributed by atoms with Gasteiger partial charge in [0.25, 0.3) is 0 Å². The first kappa shape index (κ1) is 20.6. The maximum Gasteiger partial charge on any atom is 0.161 e. The lowest BCUT2D eigenvalue weighted by atomic mass is 10.1. The molecule has 0 aliphatic carbocycles. The molecule has 1 aliphatic heterocycles. The van der Waals surface area contributed by atoms with Gasteiger partial charge in [-0.3, -0.25) is 9.69 Å². The largest absolute Gasteiger partial charge is 0.493 e. The zero-order valence-electron chi connectivity index (χ0n) is 17.3. The van der Waals surface area contributed by atoms with Crippen LogP contribution < -0.4 is 14.4 Å². The van der Waals surface area contributed by atoms with E-state index in [4.69, 9.17) is 9.47 Å². The fraction of sp³-hybridized carbons (Fsp3) is 0.409. The number of piperazine rings is 1. The molecule has 3 aromatic rings. The van der Waals surface area contributed by atoms with Crippen LogP contribution in [0.4, 0.5) is 5.69 Å². The second-order valence-electron chi connectivity index (χ2n) is 7.28. The van der Waals surface area contributed by atoms with Crippen LogP contribution in [0, 0.1) is 0 Å². The molecule has 1 fully saturated rings. The molecule has 0 saturated carbocycles. The van der Waals surface area contributed by atoms with Crippen LogP contribution >= 0.6 is 11.3 Å². The van der Waals surface area contributed by atoms with E-state index in [2.05, 4.69) is 25.1 Å². The zero-order chi connectivity index (χ0) is 20.9. The molecule has 1 aromatic carbocycles. The number of anilines is 1. The molecule has 0 radical (unpaired) electrons. The number of carbonyl (C=O) groups excluding carboxylic acids is 1. The Hall–Kier alpha value is -2.71. The van der Waals surface area contributed by atoms with Gasteiger partial charge < -0.3 is 14.4 Å². The van der Waals surface area contributed by atoms with E-state index in [9.17, 15) is 4.79 Å². The van der Waals surface area contributed by atoms with Crippen molar-refractivity contribution in [3.05, 3.63) is 41.5 Å². The van der Waals surface area contributed by atoms with Gasteiger partial charge in [0.15, 0.2) is 17.3 Å². The first-order chi connectivity index (χ1) is 14.7. The van der Waals surface area contributed by atoms with Gasteiger partial charge in [0, 0.05) is 56.1 Å². The number of rotatable bonds is 8. The summed E-state index contributed by atoms with van der Waals surface area (Å²) in [5, 5.41) is 2.17. The van der Waals surface area contributed by atoms with Crippen molar-refractivity contribution in [1.82, 2.24) is 14.9 Å². The van der Waals surface area contributed by atoms with Crippen molar-refractivity contribution in [2.75, 3.05) is 51.3 Å². The molecule has 4 rings (SSSR count). The number of carbonyl (C=O) groups is 1. The van der Waals surface area contributed by atoms with E-state index in [0.29, 0.717) is 23.7 Å². The van der Waals surface area contributed by atoms with Crippen LogP contribution in [0.25, 0.3) is 10.3 Å². The van der Waals surface area contributed by atoms with Crippen LogP contribution in [-0.2, 0) is 0 Å². The van der Waals surface area contributed by atoms with Crippen LogP contribution in [0.2, 0.25) is 0 Å². The predicted molar refractivity (Wildman–Crippen MR) is 119 cm³/mol. The summed E-state index contributed by atoms with van der Waals surface area (Å²) in [5.41, 5.74) is 2.84. The first-order valence-electron chi connectivity index (χ1n) is 10.1. The van der Waals surface area contributed by atoms with E-state index in [-0.39, 0.29) is 5.78 Å². The Labute approximate surface area is 180 Å². The molecule has 0 spiro atoms. The van der Waals surface area contributed by atoms with Crippen LogP contribution in [-0.4, -0.2) is 67.1 Å². The molecule has 1 aliphatic rings. The zero-order valence-corrected chi connectivity index (χ0v) is 18.2. The van der Waals surface area contributed by atoms with Gasteiger partial charge in [-0.2, -0.15) is 0 Å². The third kappa shape index (κ3) is 4.55. The van der Waals surface area contributed by atoms with Gasteiger partial charge in [-0.15, -0.1) is 11.3 Å². The standard InChI is InChI=1S/C22H26N4O3S/c1-16(27)17-4-5-19(20(14-17)28-2)29-13-3-8-25-9-11-26(12-10-25)18-15-30-22-21(18)23-6-7-24-22/h4-7,14-15H,3,8-13H2,1-2H3. The molecule has 8 heteroatoms. The molecule has 0 unspecified atom stereocenters. The monoisotopic (exact) mass is 426 g/mol. The van der Waals surface area contributed by atoms with Gasteiger partial charge in [-0.1, -0.05) is 0 Å². The summed E-state index contributed by atoms with van der Waals surface area (Å²) in [7, 11) is 1.59. The first-order valence-corrected chi connectivity index (χ1v) is 11.0. The number of aromatic nitrogens is 2. The summed E-state index contributed by atoms with van der Waals surface area (Å²) in [5.74, 6) is 1.29. The van der Waals surface area contributed by atoms with Crippen LogP contribution in [0.3, 0.4) is 0 Å². The van der Waals surface area contributed by atoms with E-state index in [1.54, 1.807) is 49.9 Å². The Balaban J connectivity index is 1.23. The SMILES string of the molecule is COc1cc(C(C)=O)ccc1OCCCN1CCN(c2csc3nccnc23)CC1. The molecule has 30 heavy (non-hydrogen) atoms. The molecular weight excluding hydrogens is 400 g/mol. The molecular formula is C22H26N4O3S. The molecule has 3 heterocycles. The smallest absolute Gasteiger partial charge is 0.161 e. The lowest BCUT2D eigenvalue weighted by Gasteiger charge is -2.35. The highest BCUT2D eigenvalue weighted by atomic mass is 32.1. The summed E-state index contributed by atoms with van der Waals surface area (Å²) < 4.78 is 11.3. The topological polar surface area (TPSA) is 67.8 Å². The third-order valence-corrected chi connectivity index (χ3v) is 6.21. The summed E-state index contributed by atoms with van der Waals surface area (Å²) in [6, 6.07) is 5.32. The second-order valence-corrected chi connectivity index (χ2v) is 8.14. The van der Waals surface area contributed by atoms with Gasteiger partial charge in [-0.25, -0.2) is 9.97 Å². The van der Waals surface area contributed by atoms with Crippen molar-refractivity contribution in [2.45, 2.75) is 13.3 Å². The fourth-order valence-electron chi connectivity index (χ4n) is 3.67.